The van der Waals surface area contributed by atoms with E-state index < -0.39 is 11.3 Å². The molecule has 40 heavy (non-hydrogen) atoms. The Bertz CT molecular complexity index is 1730. The molecule has 0 aromatic heterocycles. The predicted octanol–water partition coefficient (Wildman–Crippen LogP) is 4.44. The number of aryl methyl sites for hydroxylation is 1. The van der Waals surface area contributed by atoms with Crippen LogP contribution in [0, 0.1) is 13.8 Å². The van der Waals surface area contributed by atoms with Crippen LogP contribution in [0.25, 0.3) is 22.6 Å². The first-order valence-electron chi connectivity index (χ1n) is 13.2. The number of nitrogens with zero attached hydrogens (tertiary/aromatic N) is 1. The summed E-state index contributed by atoms with van der Waals surface area (Å²) < 4.78 is 6.19. The van der Waals surface area contributed by atoms with Gasteiger partial charge in [0.1, 0.15) is 11.2 Å². The highest BCUT2D eigenvalue weighted by Gasteiger charge is 2.28. The molecule has 3 aromatic carbocycles. The molecule has 0 saturated heterocycles. The first kappa shape index (κ1) is 26.6. The maximum atomic E-state index is 13.3. The molecule has 1 aliphatic carbocycles. The summed E-state index contributed by atoms with van der Waals surface area (Å²) in [5.41, 5.74) is 9.71. The molecular formula is C32H30N4O4. The fraction of sp³-hybridized carbons (Fsp3) is 0.188. The molecule has 1 heterocycles. The van der Waals surface area contributed by atoms with Crippen LogP contribution < -0.4 is 21.8 Å². The average Bonchev–Trinajstić information content (AvgIpc) is 2.97. The third-order valence-electron chi connectivity index (χ3n) is 6.96. The van der Waals surface area contributed by atoms with E-state index in [9.17, 15) is 14.4 Å². The Kier molecular flexibility index (Phi) is 7.59. The number of carbonyl (C=O) groups excluding carboxylic acids is 2. The summed E-state index contributed by atoms with van der Waals surface area (Å²) in [5.74, 6) is -0.675. The van der Waals surface area contributed by atoms with Crippen molar-refractivity contribution in [3.63, 3.8) is 0 Å². The lowest BCUT2D eigenvalue weighted by molar-refractivity contribution is 0.0947. The van der Waals surface area contributed by atoms with Gasteiger partial charge in [-0.15, -0.1) is 0 Å². The standard InChI is InChI=1S/C32H30N4O4/c1-19-13-14-23(31(38)34-17-15-21-9-5-3-6-10-21)26-29(19)40-30-20(2)28(37)25(33)24(27(30)36-26)32(39)35-18-16-22-11-7-4-8-12-22/h3-14H,15-18,33H2,1-2H3,(H,34,38)(H,35,39). The van der Waals surface area contributed by atoms with Crippen molar-refractivity contribution in [2.75, 3.05) is 18.8 Å². The predicted molar refractivity (Wildman–Crippen MR) is 156 cm³/mol. The van der Waals surface area contributed by atoms with Crippen LogP contribution in [0.4, 0.5) is 5.69 Å². The van der Waals surface area contributed by atoms with Gasteiger partial charge in [0, 0.05) is 18.7 Å². The first-order chi connectivity index (χ1) is 19.3. The number of nitrogen functional groups attached to an aromatic ring is 1. The van der Waals surface area contributed by atoms with Crippen LogP contribution in [0.2, 0.25) is 0 Å². The largest absolute Gasteiger partial charge is 0.452 e. The van der Waals surface area contributed by atoms with Crippen molar-refractivity contribution in [3.8, 4) is 11.5 Å². The quantitative estimate of drug-likeness (QED) is 0.200. The van der Waals surface area contributed by atoms with Crippen molar-refractivity contribution >= 4 is 28.6 Å². The van der Waals surface area contributed by atoms with Crippen LogP contribution in [-0.4, -0.2) is 29.9 Å². The highest BCUT2D eigenvalue weighted by Crippen LogP contribution is 2.34. The zero-order valence-electron chi connectivity index (χ0n) is 22.4. The van der Waals surface area contributed by atoms with Crippen molar-refractivity contribution < 1.29 is 14.0 Å². The minimum absolute atomic E-state index is 0.0544. The van der Waals surface area contributed by atoms with E-state index in [0.29, 0.717) is 42.6 Å². The van der Waals surface area contributed by atoms with Gasteiger partial charge in [-0.25, -0.2) is 4.98 Å². The van der Waals surface area contributed by atoms with Gasteiger partial charge >= 0.3 is 0 Å². The van der Waals surface area contributed by atoms with Gasteiger partial charge in [0.2, 0.25) is 5.43 Å². The second-order valence-electron chi connectivity index (χ2n) is 9.73. The summed E-state index contributed by atoms with van der Waals surface area (Å²) in [7, 11) is 0. The third kappa shape index (κ3) is 5.29. The molecular weight excluding hydrogens is 504 g/mol. The summed E-state index contributed by atoms with van der Waals surface area (Å²) in [6, 6.07) is 23.0. The molecule has 0 spiro atoms. The normalized spacial score (nSPS) is 11.1. The summed E-state index contributed by atoms with van der Waals surface area (Å²) in [6.45, 7) is 4.19. The van der Waals surface area contributed by atoms with Gasteiger partial charge in [0.15, 0.2) is 11.3 Å². The number of nitrogens with one attached hydrogen (secondary N) is 2. The number of hydrogen-bond donors (Lipinski definition) is 3. The Morgan fingerprint density at radius 3 is 2.00 bits per heavy atom. The number of carbonyl (C=O) groups is 2. The fourth-order valence-electron chi connectivity index (χ4n) is 4.72. The van der Waals surface area contributed by atoms with E-state index in [1.165, 1.54) is 0 Å². The molecule has 1 aliphatic heterocycles. The molecule has 0 radical (unpaired) electrons. The van der Waals surface area contributed by atoms with E-state index in [0.717, 1.165) is 16.7 Å². The fourth-order valence-corrected chi connectivity index (χ4v) is 4.72. The Morgan fingerprint density at radius 2 is 1.40 bits per heavy atom. The minimum atomic E-state index is -0.529. The smallest absolute Gasteiger partial charge is 0.255 e. The van der Waals surface area contributed by atoms with Crippen LogP contribution in [0.1, 0.15) is 43.0 Å². The third-order valence-corrected chi connectivity index (χ3v) is 6.96. The number of anilines is 1. The van der Waals surface area contributed by atoms with Crippen LogP contribution in [0.3, 0.4) is 0 Å². The van der Waals surface area contributed by atoms with Crippen LogP contribution in [0.15, 0.2) is 82.0 Å². The molecule has 0 atom stereocenters. The topological polar surface area (TPSA) is 127 Å². The zero-order valence-corrected chi connectivity index (χ0v) is 22.4. The summed E-state index contributed by atoms with van der Waals surface area (Å²) in [5, 5.41) is 5.79. The van der Waals surface area contributed by atoms with Crippen molar-refractivity contribution in [1.82, 2.24) is 15.6 Å². The van der Waals surface area contributed by atoms with Crippen molar-refractivity contribution in [2.24, 2.45) is 0 Å². The van der Waals surface area contributed by atoms with Crippen molar-refractivity contribution in [3.05, 3.63) is 116 Å². The first-order valence-corrected chi connectivity index (χ1v) is 13.2. The molecule has 4 N–H and O–H groups in total. The maximum absolute atomic E-state index is 13.3. The van der Waals surface area contributed by atoms with Gasteiger partial charge in [-0.2, -0.15) is 0 Å². The number of hydrogen-bond acceptors (Lipinski definition) is 6. The SMILES string of the molecule is Cc1c2oc3c(C)ccc(C(=O)NCCc4ccccc4)c3nc-2c(C(=O)NCCc2ccccc2)c(N)c1=O. The second kappa shape index (κ2) is 11.4. The lowest BCUT2D eigenvalue weighted by atomic mass is 9.99. The molecule has 5 rings (SSSR count). The van der Waals surface area contributed by atoms with Crippen molar-refractivity contribution in [1.29, 1.82) is 0 Å². The zero-order chi connectivity index (χ0) is 28.2. The molecule has 2 aliphatic rings. The number of fused-ring (bicyclic) bond motifs is 2. The number of benzene rings is 4. The monoisotopic (exact) mass is 534 g/mol. The molecule has 0 fully saturated rings. The van der Waals surface area contributed by atoms with E-state index in [2.05, 4.69) is 10.6 Å². The maximum Gasteiger partial charge on any atom is 0.255 e. The molecule has 0 bridgehead atoms. The molecule has 202 valence electrons. The molecule has 0 unspecified atom stereocenters. The van der Waals surface area contributed by atoms with Gasteiger partial charge in [0.25, 0.3) is 11.8 Å². The molecule has 8 nitrogen and oxygen atoms in total. The molecule has 3 aromatic rings. The van der Waals surface area contributed by atoms with Gasteiger partial charge in [0.05, 0.1) is 16.8 Å². The summed E-state index contributed by atoms with van der Waals surface area (Å²) in [4.78, 5) is 44.3. The van der Waals surface area contributed by atoms with Crippen LogP contribution >= 0.6 is 0 Å². The van der Waals surface area contributed by atoms with E-state index >= 15 is 0 Å². The summed E-state index contributed by atoms with van der Waals surface area (Å²) >= 11 is 0. The van der Waals surface area contributed by atoms with Crippen LogP contribution in [-0.2, 0) is 12.8 Å². The number of rotatable bonds is 8. The minimum Gasteiger partial charge on any atom is -0.452 e. The van der Waals surface area contributed by atoms with E-state index in [1.54, 1.807) is 19.1 Å². The molecule has 8 heteroatoms. The van der Waals surface area contributed by atoms with Crippen molar-refractivity contribution in [2.45, 2.75) is 26.7 Å². The molecule has 2 amide bonds. The van der Waals surface area contributed by atoms with Gasteiger partial charge in [-0.05, 0) is 49.4 Å². The lowest BCUT2D eigenvalue weighted by Crippen LogP contribution is -2.30. The van der Waals surface area contributed by atoms with E-state index in [-0.39, 0.29) is 34.2 Å². The van der Waals surface area contributed by atoms with Gasteiger partial charge in [-0.3, -0.25) is 14.4 Å². The van der Waals surface area contributed by atoms with Gasteiger partial charge in [-0.1, -0.05) is 66.7 Å². The Balaban J connectivity index is 1.51. The second-order valence-corrected chi connectivity index (χ2v) is 9.73. The highest BCUT2D eigenvalue weighted by atomic mass is 16.3. The van der Waals surface area contributed by atoms with E-state index in [1.807, 2.05) is 67.6 Å². The highest BCUT2D eigenvalue weighted by molar-refractivity contribution is 6.08. The van der Waals surface area contributed by atoms with Gasteiger partial charge < -0.3 is 20.8 Å². The average molecular weight is 535 g/mol. The Morgan fingerprint density at radius 1 is 0.825 bits per heavy atom. The number of aromatic nitrogens is 1. The Hall–Kier alpha value is -4.98. The number of amides is 2. The summed E-state index contributed by atoms with van der Waals surface area (Å²) in [6.07, 6.45) is 1.28. The van der Waals surface area contributed by atoms with E-state index in [4.69, 9.17) is 15.1 Å². The Labute approximate surface area is 231 Å². The number of nitrogens with two attached hydrogens (primary N) is 1. The lowest BCUT2D eigenvalue weighted by Gasteiger charge is -2.17. The van der Waals surface area contributed by atoms with Crippen LogP contribution in [0.5, 0.6) is 0 Å². The molecule has 0 saturated carbocycles.